The Morgan fingerprint density at radius 1 is 1.26 bits per heavy atom. The molecule has 2 amide bonds. The number of benzene rings is 1. The summed E-state index contributed by atoms with van der Waals surface area (Å²) in [6, 6.07) is 4.42. The summed E-state index contributed by atoms with van der Waals surface area (Å²) in [7, 11) is 0. The van der Waals surface area contributed by atoms with Crippen LogP contribution in [0.2, 0.25) is 0 Å². The SMILES string of the molecule is O=C(O)CCCNC(=O)NC1(c2cccc(C(F)(F)F)c2)CC1. The van der Waals surface area contributed by atoms with Crippen LogP contribution in [0.3, 0.4) is 0 Å². The first kappa shape index (κ1) is 17.1. The van der Waals surface area contributed by atoms with Crippen molar-refractivity contribution in [3.05, 3.63) is 35.4 Å². The molecule has 1 aliphatic rings. The van der Waals surface area contributed by atoms with Crippen LogP contribution >= 0.6 is 0 Å². The Hall–Kier alpha value is -2.25. The lowest BCUT2D eigenvalue weighted by molar-refractivity contribution is -0.138. The topological polar surface area (TPSA) is 78.4 Å². The average Bonchev–Trinajstić information content (AvgIpc) is 3.23. The molecule has 5 nitrogen and oxygen atoms in total. The van der Waals surface area contributed by atoms with E-state index in [9.17, 15) is 22.8 Å². The van der Waals surface area contributed by atoms with Gasteiger partial charge in [-0.1, -0.05) is 12.1 Å². The molecule has 0 spiro atoms. The molecule has 0 bridgehead atoms. The van der Waals surface area contributed by atoms with Gasteiger partial charge in [0.15, 0.2) is 0 Å². The van der Waals surface area contributed by atoms with Crippen molar-refractivity contribution in [2.45, 2.75) is 37.4 Å². The number of carbonyl (C=O) groups excluding carboxylic acids is 1. The summed E-state index contributed by atoms with van der Waals surface area (Å²) in [6.07, 6.45) is -3.06. The molecule has 23 heavy (non-hydrogen) atoms. The number of hydrogen-bond acceptors (Lipinski definition) is 2. The second-order valence-electron chi connectivity index (χ2n) is 5.54. The fourth-order valence-corrected chi connectivity index (χ4v) is 2.31. The monoisotopic (exact) mass is 330 g/mol. The molecule has 0 aromatic heterocycles. The normalized spacial score (nSPS) is 15.8. The van der Waals surface area contributed by atoms with Gasteiger partial charge >= 0.3 is 18.2 Å². The lowest BCUT2D eigenvalue weighted by Crippen LogP contribution is -2.42. The average molecular weight is 330 g/mol. The molecular formula is C15H17F3N2O3. The lowest BCUT2D eigenvalue weighted by Gasteiger charge is -2.19. The second-order valence-corrected chi connectivity index (χ2v) is 5.54. The summed E-state index contributed by atoms with van der Waals surface area (Å²) in [5, 5.41) is 13.7. The quantitative estimate of drug-likeness (QED) is 0.702. The second kappa shape index (κ2) is 6.47. The summed E-state index contributed by atoms with van der Waals surface area (Å²) in [4.78, 5) is 22.2. The standard InChI is InChI=1S/C15H17F3N2O3/c16-15(17,18)11-4-1-3-10(9-11)14(6-7-14)20-13(23)19-8-2-5-12(21)22/h1,3-4,9H,2,5-8H2,(H,21,22)(H2,19,20,23). The Morgan fingerprint density at radius 3 is 2.52 bits per heavy atom. The summed E-state index contributed by atoms with van der Waals surface area (Å²) in [5.74, 6) is -0.949. The van der Waals surface area contributed by atoms with Crippen molar-refractivity contribution < 1.29 is 27.9 Å². The number of amides is 2. The Kier molecular flexibility index (Phi) is 4.82. The number of urea groups is 1. The van der Waals surface area contributed by atoms with E-state index in [2.05, 4.69) is 10.6 Å². The first-order valence-corrected chi connectivity index (χ1v) is 7.18. The number of carboxylic acid groups (broad SMARTS) is 1. The summed E-state index contributed by atoms with van der Waals surface area (Å²) >= 11 is 0. The fourth-order valence-electron chi connectivity index (χ4n) is 2.31. The molecule has 3 N–H and O–H groups in total. The minimum Gasteiger partial charge on any atom is -0.481 e. The van der Waals surface area contributed by atoms with Gasteiger partial charge in [-0.05, 0) is 37.0 Å². The Balaban J connectivity index is 1.95. The van der Waals surface area contributed by atoms with E-state index in [0.717, 1.165) is 12.1 Å². The van der Waals surface area contributed by atoms with Crippen LogP contribution in [0.5, 0.6) is 0 Å². The highest BCUT2D eigenvalue weighted by molar-refractivity contribution is 5.75. The van der Waals surface area contributed by atoms with Gasteiger partial charge in [-0.3, -0.25) is 4.79 Å². The van der Waals surface area contributed by atoms with E-state index in [1.165, 1.54) is 6.07 Å². The predicted molar refractivity (Wildman–Crippen MR) is 75.8 cm³/mol. The summed E-state index contributed by atoms with van der Waals surface area (Å²) in [5.41, 5.74) is -1.09. The molecule has 1 aromatic rings. The maximum absolute atomic E-state index is 12.8. The zero-order valence-electron chi connectivity index (χ0n) is 12.2. The molecule has 0 unspecified atom stereocenters. The maximum atomic E-state index is 12.8. The van der Waals surface area contributed by atoms with Gasteiger partial charge in [-0.15, -0.1) is 0 Å². The molecule has 0 heterocycles. The molecule has 0 aliphatic heterocycles. The number of halogens is 3. The minimum absolute atomic E-state index is 0.0565. The molecular weight excluding hydrogens is 313 g/mol. The van der Waals surface area contributed by atoms with Crippen molar-refractivity contribution >= 4 is 12.0 Å². The molecule has 1 aliphatic carbocycles. The van der Waals surface area contributed by atoms with Gasteiger partial charge in [0.1, 0.15) is 0 Å². The van der Waals surface area contributed by atoms with Crippen molar-refractivity contribution in [3.8, 4) is 0 Å². The smallest absolute Gasteiger partial charge is 0.416 e. The van der Waals surface area contributed by atoms with E-state index >= 15 is 0 Å². The van der Waals surface area contributed by atoms with Gasteiger partial charge in [0.2, 0.25) is 0 Å². The van der Waals surface area contributed by atoms with Gasteiger partial charge in [-0.25, -0.2) is 4.79 Å². The third-order valence-electron chi connectivity index (χ3n) is 3.70. The summed E-state index contributed by atoms with van der Waals surface area (Å²) < 4.78 is 38.3. The highest BCUT2D eigenvalue weighted by Crippen LogP contribution is 2.46. The lowest BCUT2D eigenvalue weighted by atomic mass is 10.0. The van der Waals surface area contributed by atoms with Crippen LogP contribution in [-0.4, -0.2) is 23.7 Å². The molecule has 0 atom stereocenters. The Labute approximate surface area is 130 Å². The van der Waals surface area contributed by atoms with E-state index in [1.807, 2.05) is 0 Å². The van der Waals surface area contributed by atoms with E-state index in [-0.39, 0.29) is 13.0 Å². The summed E-state index contributed by atoms with van der Waals surface area (Å²) in [6.45, 7) is 0.191. The van der Waals surface area contributed by atoms with Crippen LogP contribution in [0, 0.1) is 0 Å². The maximum Gasteiger partial charge on any atom is 0.416 e. The van der Waals surface area contributed by atoms with Gasteiger partial charge in [0.05, 0.1) is 11.1 Å². The Morgan fingerprint density at radius 2 is 1.96 bits per heavy atom. The van der Waals surface area contributed by atoms with Crippen molar-refractivity contribution in [1.29, 1.82) is 0 Å². The van der Waals surface area contributed by atoms with E-state index < -0.39 is 29.3 Å². The number of nitrogens with one attached hydrogen (secondary N) is 2. The van der Waals surface area contributed by atoms with Crippen LogP contribution in [0.15, 0.2) is 24.3 Å². The zero-order valence-corrected chi connectivity index (χ0v) is 12.2. The van der Waals surface area contributed by atoms with Crippen molar-refractivity contribution in [3.63, 3.8) is 0 Å². The molecule has 0 radical (unpaired) electrons. The fraction of sp³-hybridized carbons (Fsp3) is 0.467. The van der Waals surface area contributed by atoms with Gasteiger partial charge in [0, 0.05) is 13.0 Å². The van der Waals surface area contributed by atoms with Crippen LogP contribution in [0.4, 0.5) is 18.0 Å². The number of carbonyl (C=O) groups is 2. The Bertz CT molecular complexity index is 598. The van der Waals surface area contributed by atoms with Crippen LogP contribution < -0.4 is 10.6 Å². The molecule has 2 rings (SSSR count). The first-order chi connectivity index (χ1) is 10.7. The molecule has 1 aromatic carbocycles. The predicted octanol–water partition coefficient (Wildman–Crippen LogP) is 2.86. The van der Waals surface area contributed by atoms with E-state index in [4.69, 9.17) is 5.11 Å². The van der Waals surface area contributed by atoms with E-state index in [1.54, 1.807) is 6.07 Å². The number of carboxylic acids is 1. The highest BCUT2D eigenvalue weighted by Gasteiger charge is 2.46. The molecule has 1 fully saturated rings. The number of aliphatic carboxylic acids is 1. The van der Waals surface area contributed by atoms with Crippen LogP contribution in [0.25, 0.3) is 0 Å². The largest absolute Gasteiger partial charge is 0.481 e. The zero-order chi connectivity index (χ0) is 17.1. The third-order valence-corrected chi connectivity index (χ3v) is 3.70. The molecule has 1 saturated carbocycles. The molecule has 0 saturated heterocycles. The van der Waals surface area contributed by atoms with Crippen molar-refractivity contribution in [2.75, 3.05) is 6.54 Å². The van der Waals surface area contributed by atoms with Gasteiger partial charge in [-0.2, -0.15) is 13.2 Å². The third kappa shape index (κ3) is 4.61. The molecule has 126 valence electrons. The van der Waals surface area contributed by atoms with Gasteiger partial charge < -0.3 is 15.7 Å². The highest BCUT2D eigenvalue weighted by atomic mass is 19.4. The van der Waals surface area contributed by atoms with Crippen LogP contribution in [-0.2, 0) is 16.5 Å². The van der Waals surface area contributed by atoms with Crippen molar-refractivity contribution in [2.24, 2.45) is 0 Å². The number of hydrogen-bond donors (Lipinski definition) is 3. The number of alkyl halides is 3. The minimum atomic E-state index is -4.43. The van der Waals surface area contributed by atoms with Crippen LogP contribution in [0.1, 0.15) is 36.8 Å². The molecule has 8 heteroatoms. The van der Waals surface area contributed by atoms with E-state index in [0.29, 0.717) is 24.8 Å². The first-order valence-electron chi connectivity index (χ1n) is 7.18. The number of rotatable bonds is 6. The van der Waals surface area contributed by atoms with Gasteiger partial charge in [0.25, 0.3) is 0 Å². The van der Waals surface area contributed by atoms with Crippen molar-refractivity contribution in [1.82, 2.24) is 10.6 Å².